The largest absolute Gasteiger partial charge is 0.497 e. The van der Waals surface area contributed by atoms with Gasteiger partial charge in [-0.05, 0) is 61.5 Å². The Bertz CT molecular complexity index is 1190. The van der Waals surface area contributed by atoms with Crippen LogP contribution in [0.25, 0.3) is 10.9 Å². The number of benzene rings is 2. The number of hydrogen-bond donors (Lipinski definition) is 0. The van der Waals surface area contributed by atoms with Crippen LogP contribution >= 0.6 is 36.4 Å². The maximum atomic E-state index is 13.5. The van der Waals surface area contributed by atoms with Crippen LogP contribution in [0.4, 0.5) is 0 Å². The highest BCUT2D eigenvalue weighted by Crippen LogP contribution is 2.30. The lowest BCUT2D eigenvalue weighted by molar-refractivity contribution is 0.148. The highest BCUT2D eigenvalue weighted by atomic mass is 35.5. The minimum absolute atomic E-state index is 0. The standard InChI is InChI=1S/C22H26ClN3O3S.2ClH/c1-16-14-26(22-7-4-18(29-3)13-20(16)22)30(27,28)19-5-6-21(23)17(12-19)15-25-10-8-24(2)9-11-25;;/h4-7,12-14H,8-11,15H2,1-3H3;2*1H. The Morgan fingerprint density at radius 2 is 1.72 bits per heavy atom. The molecule has 0 N–H and O–H groups in total. The summed E-state index contributed by atoms with van der Waals surface area (Å²) in [6.07, 6.45) is 1.66. The molecule has 1 aliphatic heterocycles. The van der Waals surface area contributed by atoms with Gasteiger partial charge in [0.1, 0.15) is 5.75 Å². The first-order valence-corrected chi connectivity index (χ1v) is 11.7. The predicted octanol–water partition coefficient (Wildman–Crippen LogP) is 4.44. The fourth-order valence-corrected chi connectivity index (χ4v) is 5.51. The number of piperazine rings is 1. The van der Waals surface area contributed by atoms with Crippen molar-refractivity contribution in [3.05, 3.63) is 58.7 Å². The fourth-order valence-electron chi connectivity index (χ4n) is 3.86. The number of rotatable bonds is 5. The summed E-state index contributed by atoms with van der Waals surface area (Å²) in [5.41, 5.74) is 2.33. The average Bonchev–Trinajstić information content (AvgIpc) is 3.08. The molecule has 32 heavy (non-hydrogen) atoms. The van der Waals surface area contributed by atoms with Crippen LogP contribution in [0.2, 0.25) is 5.02 Å². The highest BCUT2D eigenvalue weighted by Gasteiger charge is 2.23. The van der Waals surface area contributed by atoms with Crippen molar-refractivity contribution in [3.63, 3.8) is 0 Å². The Hall–Kier alpha value is -1.48. The van der Waals surface area contributed by atoms with Gasteiger partial charge in [0.15, 0.2) is 0 Å². The van der Waals surface area contributed by atoms with Crippen LogP contribution in [0.5, 0.6) is 5.75 Å². The third-order valence-electron chi connectivity index (χ3n) is 5.74. The number of aromatic nitrogens is 1. The van der Waals surface area contributed by atoms with Crippen molar-refractivity contribution in [2.24, 2.45) is 0 Å². The SMILES string of the molecule is COc1ccc2c(c1)c(C)cn2S(=O)(=O)c1ccc(Cl)c(CN2CCN(C)CC2)c1.Cl.Cl. The van der Waals surface area contributed by atoms with Crippen LogP contribution in [0.15, 0.2) is 47.5 Å². The van der Waals surface area contributed by atoms with Crippen LogP contribution in [0.1, 0.15) is 11.1 Å². The lowest BCUT2D eigenvalue weighted by Crippen LogP contribution is -2.43. The number of ether oxygens (including phenoxy) is 1. The van der Waals surface area contributed by atoms with Gasteiger partial charge in [0.05, 0.1) is 17.5 Å². The van der Waals surface area contributed by atoms with Gasteiger partial charge in [-0.3, -0.25) is 4.90 Å². The molecule has 2 aromatic carbocycles. The van der Waals surface area contributed by atoms with Crippen molar-refractivity contribution in [3.8, 4) is 5.75 Å². The summed E-state index contributed by atoms with van der Waals surface area (Å²) in [5.74, 6) is 0.696. The molecular formula is C22H28Cl3N3O3S. The second kappa shape index (κ2) is 10.6. The summed E-state index contributed by atoms with van der Waals surface area (Å²) >= 11 is 6.42. The van der Waals surface area contributed by atoms with E-state index in [2.05, 4.69) is 16.8 Å². The van der Waals surface area contributed by atoms with Gasteiger partial charge in [-0.15, -0.1) is 24.8 Å². The van der Waals surface area contributed by atoms with Crippen molar-refractivity contribution < 1.29 is 13.2 Å². The zero-order valence-corrected chi connectivity index (χ0v) is 21.5. The summed E-state index contributed by atoms with van der Waals surface area (Å²) in [4.78, 5) is 4.83. The van der Waals surface area contributed by atoms with E-state index >= 15 is 0 Å². The van der Waals surface area contributed by atoms with E-state index in [1.807, 2.05) is 13.0 Å². The van der Waals surface area contributed by atoms with Crippen LogP contribution < -0.4 is 4.74 Å². The van der Waals surface area contributed by atoms with Gasteiger partial charge >= 0.3 is 0 Å². The molecule has 1 aliphatic rings. The number of halogens is 3. The molecule has 0 saturated carbocycles. The monoisotopic (exact) mass is 519 g/mol. The average molecular weight is 521 g/mol. The molecular weight excluding hydrogens is 493 g/mol. The molecule has 0 unspecified atom stereocenters. The minimum Gasteiger partial charge on any atom is -0.497 e. The van der Waals surface area contributed by atoms with E-state index < -0.39 is 10.0 Å². The third kappa shape index (κ3) is 5.19. The number of methoxy groups -OCH3 is 1. The second-order valence-corrected chi connectivity index (χ2v) is 10.1. The van der Waals surface area contributed by atoms with Crippen molar-refractivity contribution in [1.29, 1.82) is 0 Å². The molecule has 0 spiro atoms. The van der Waals surface area contributed by atoms with Crippen LogP contribution in [-0.4, -0.2) is 62.5 Å². The number of hydrogen-bond acceptors (Lipinski definition) is 5. The number of aryl methyl sites for hydroxylation is 1. The van der Waals surface area contributed by atoms with E-state index in [1.54, 1.807) is 43.6 Å². The summed E-state index contributed by atoms with van der Waals surface area (Å²) in [6, 6.07) is 10.4. The lowest BCUT2D eigenvalue weighted by Gasteiger charge is -2.32. The topological polar surface area (TPSA) is 54.8 Å². The Kier molecular flexibility index (Phi) is 8.90. The molecule has 1 aromatic heterocycles. The summed E-state index contributed by atoms with van der Waals surface area (Å²) < 4.78 is 33.6. The lowest BCUT2D eigenvalue weighted by atomic mass is 10.2. The molecule has 0 amide bonds. The number of likely N-dealkylation sites (N-methyl/N-ethyl adjacent to an activating group) is 1. The zero-order valence-electron chi connectivity index (χ0n) is 18.2. The number of fused-ring (bicyclic) bond motifs is 1. The molecule has 0 radical (unpaired) electrons. The van der Waals surface area contributed by atoms with Crippen molar-refractivity contribution in [2.75, 3.05) is 40.3 Å². The number of nitrogens with zero attached hydrogens (tertiary/aromatic N) is 3. The van der Waals surface area contributed by atoms with E-state index in [-0.39, 0.29) is 29.7 Å². The van der Waals surface area contributed by atoms with E-state index in [0.29, 0.717) is 22.8 Å². The quantitative estimate of drug-likeness (QED) is 0.498. The molecule has 0 aliphatic carbocycles. The fraction of sp³-hybridized carbons (Fsp3) is 0.364. The van der Waals surface area contributed by atoms with E-state index in [0.717, 1.165) is 42.7 Å². The molecule has 2 heterocycles. The van der Waals surface area contributed by atoms with E-state index in [4.69, 9.17) is 16.3 Å². The first-order valence-electron chi connectivity index (χ1n) is 9.90. The Morgan fingerprint density at radius 1 is 1.03 bits per heavy atom. The maximum Gasteiger partial charge on any atom is 0.268 e. The first-order chi connectivity index (χ1) is 14.3. The van der Waals surface area contributed by atoms with Gasteiger partial charge < -0.3 is 9.64 Å². The summed E-state index contributed by atoms with van der Waals surface area (Å²) in [6.45, 7) is 6.40. The van der Waals surface area contributed by atoms with Crippen molar-refractivity contribution in [2.45, 2.75) is 18.4 Å². The van der Waals surface area contributed by atoms with Gasteiger partial charge in [-0.25, -0.2) is 12.4 Å². The predicted molar refractivity (Wildman–Crippen MR) is 135 cm³/mol. The Labute approximate surface area is 207 Å². The van der Waals surface area contributed by atoms with Gasteiger partial charge in [-0.1, -0.05) is 11.6 Å². The highest BCUT2D eigenvalue weighted by molar-refractivity contribution is 7.90. The van der Waals surface area contributed by atoms with E-state index in [9.17, 15) is 8.42 Å². The molecule has 10 heteroatoms. The molecule has 6 nitrogen and oxygen atoms in total. The van der Waals surface area contributed by atoms with E-state index in [1.165, 1.54) is 3.97 Å². The molecule has 0 bridgehead atoms. The molecule has 1 saturated heterocycles. The summed E-state index contributed by atoms with van der Waals surface area (Å²) in [5, 5.41) is 1.44. The zero-order chi connectivity index (χ0) is 21.5. The molecule has 3 aromatic rings. The van der Waals surface area contributed by atoms with Crippen LogP contribution in [0, 0.1) is 6.92 Å². The molecule has 1 fully saturated rings. The van der Waals surface area contributed by atoms with Gasteiger partial charge in [0.25, 0.3) is 10.0 Å². The second-order valence-electron chi connectivity index (χ2n) is 7.83. The summed E-state index contributed by atoms with van der Waals surface area (Å²) in [7, 11) is -0.0580. The van der Waals surface area contributed by atoms with Gasteiger partial charge in [-0.2, -0.15) is 0 Å². The molecule has 0 atom stereocenters. The maximum absolute atomic E-state index is 13.5. The van der Waals surface area contributed by atoms with Gasteiger partial charge in [0, 0.05) is 49.3 Å². The van der Waals surface area contributed by atoms with Crippen molar-refractivity contribution in [1.82, 2.24) is 13.8 Å². The van der Waals surface area contributed by atoms with Gasteiger partial charge in [0.2, 0.25) is 0 Å². The van der Waals surface area contributed by atoms with Crippen LogP contribution in [-0.2, 0) is 16.6 Å². The molecule has 4 rings (SSSR count). The normalized spacial score (nSPS) is 15.2. The molecule has 176 valence electrons. The first kappa shape index (κ1) is 26.8. The van der Waals surface area contributed by atoms with Crippen molar-refractivity contribution >= 4 is 57.3 Å². The van der Waals surface area contributed by atoms with Crippen LogP contribution in [0.3, 0.4) is 0 Å². The smallest absolute Gasteiger partial charge is 0.268 e. The third-order valence-corrected chi connectivity index (χ3v) is 7.78. The minimum atomic E-state index is -3.76. The Balaban J connectivity index is 0.00000181. The Morgan fingerprint density at radius 3 is 2.38 bits per heavy atom.